The van der Waals surface area contributed by atoms with E-state index in [9.17, 15) is 8.42 Å². The van der Waals surface area contributed by atoms with Crippen LogP contribution in [-0.2, 0) is 10.0 Å². The summed E-state index contributed by atoms with van der Waals surface area (Å²) in [5.41, 5.74) is 0.936. The zero-order valence-corrected chi connectivity index (χ0v) is 13.7. The van der Waals surface area contributed by atoms with Crippen molar-refractivity contribution in [2.75, 3.05) is 12.3 Å². The molecule has 0 aliphatic carbocycles. The summed E-state index contributed by atoms with van der Waals surface area (Å²) >= 11 is 19.9. The first-order chi connectivity index (χ1) is 8.19. The van der Waals surface area contributed by atoms with Crippen LogP contribution >= 0.6 is 50.7 Å². The second kappa shape index (κ2) is 5.11. The highest BCUT2D eigenvalue weighted by Gasteiger charge is 2.47. The Kier molecular flexibility index (Phi) is 4.22. The number of sulfonamides is 1. The quantitative estimate of drug-likeness (QED) is 0.582. The molecule has 0 radical (unpaired) electrons. The maximum absolute atomic E-state index is 11.9. The summed E-state index contributed by atoms with van der Waals surface area (Å²) < 4.78 is 24.3. The molecule has 2 atom stereocenters. The summed E-state index contributed by atoms with van der Waals surface area (Å²) in [7, 11) is -3.53. The lowest BCUT2D eigenvalue weighted by Gasteiger charge is -2.12. The minimum Gasteiger partial charge on any atom is -0.212 e. The molecule has 8 heteroatoms. The summed E-state index contributed by atoms with van der Waals surface area (Å²) in [6, 6.07) is 7.34. The van der Waals surface area contributed by atoms with Gasteiger partial charge in [-0.15, -0.1) is 0 Å². The third-order valence-electron chi connectivity index (χ3n) is 2.53. The number of hydrogen-bond donors (Lipinski definition) is 0. The fourth-order valence-corrected chi connectivity index (χ4v) is 4.64. The number of hydrogen-bond acceptors (Lipinski definition) is 2. The summed E-state index contributed by atoms with van der Waals surface area (Å²) in [6.45, 7) is 0.435. The Bertz CT molecular complexity index is 541. The number of alkyl halides is 3. The topological polar surface area (TPSA) is 37.1 Å². The van der Waals surface area contributed by atoms with Crippen molar-refractivity contribution in [2.24, 2.45) is 0 Å². The summed E-state index contributed by atoms with van der Waals surface area (Å²) in [5, 5.41) is 0. The predicted molar refractivity (Wildman–Crippen MR) is 77.7 cm³/mol. The summed E-state index contributed by atoms with van der Waals surface area (Å²) in [6.07, 6.45) is 0. The Morgan fingerprint density at radius 3 is 2.33 bits per heavy atom. The molecule has 1 heterocycles. The molecule has 1 saturated heterocycles. The van der Waals surface area contributed by atoms with Crippen molar-refractivity contribution in [3.8, 4) is 0 Å². The Morgan fingerprint density at radius 2 is 1.83 bits per heavy atom. The average molecular weight is 394 g/mol. The molecule has 100 valence electrons. The number of rotatable bonds is 3. The molecular weight excluding hydrogens is 384 g/mol. The molecule has 0 aromatic heterocycles. The van der Waals surface area contributed by atoms with E-state index in [1.54, 1.807) is 0 Å². The van der Waals surface area contributed by atoms with Crippen molar-refractivity contribution < 1.29 is 8.42 Å². The molecule has 2 unspecified atom stereocenters. The first-order valence-corrected chi connectivity index (χ1v) is 8.54. The van der Waals surface area contributed by atoms with Crippen LogP contribution < -0.4 is 0 Å². The van der Waals surface area contributed by atoms with Gasteiger partial charge in [0.2, 0.25) is 13.8 Å². The van der Waals surface area contributed by atoms with Crippen LogP contribution in [0.3, 0.4) is 0 Å². The second-order valence-corrected chi connectivity index (χ2v) is 9.36. The Labute approximate surface area is 129 Å². The number of halogens is 4. The lowest BCUT2D eigenvalue weighted by molar-refractivity contribution is 0.554. The molecule has 1 aliphatic heterocycles. The van der Waals surface area contributed by atoms with E-state index in [4.69, 9.17) is 34.8 Å². The van der Waals surface area contributed by atoms with E-state index in [0.717, 1.165) is 10.0 Å². The molecule has 2 rings (SSSR count). The van der Waals surface area contributed by atoms with Gasteiger partial charge in [-0.3, -0.25) is 0 Å². The molecule has 18 heavy (non-hydrogen) atoms. The van der Waals surface area contributed by atoms with Gasteiger partial charge in [-0.25, -0.2) is 8.42 Å². The molecule has 0 amide bonds. The van der Waals surface area contributed by atoms with Crippen molar-refractivity contribution in [1.29, 1.82) is 0 Å². The fraction of sp³-hybridized carbons (Fsp3) is 0.400. The van der Waals surface area contributed by atoms with Crippen LogP contribution in [0.4, 0.5) is 0 Å². The lowest BCUT2D eigenvalue weighted by Crippen LogP contribution is -2.25. The highest BCUT2D eigenvalue weighted by molar-refractivity contribution is 9.10. The lowest BCUT2D eigenvalue weighted by atomic mass is 10.2. The molecule has 1 aromatic carbocycles. The first-order valence-electron chi connectivity index (χ1n) is 5.01. The van der Waals surface area contributed by atoms with E-state index in [1.807, 2.05) is 24.3 Å². The molecule has 0 saturated carbocycles. The zero-order chi connectivity index (χ0) is 13.6. The van der Waals surface area contributed by atoms with Crippen molar-refractivity contribution in [2.45, 2.75) is 9.83 Å². The van der Waals surface area contributed by atoms with Gasteiger partial charge in [-0.05, 0) is 17.7 Å². The highest BCUT2D eigenvalue weighted by atomic mass is 79.9. The van der Waals surface area contributed by atoms with E-state index in [-0.39, 0.29) is 6.04 Å². The minimum absolute atomic E-state index is 0.143. The van der Waals surface area contributed by atoms with Crippen LogP contribution in [0.25, 0.3) is 0 Å². The van der Waals surface area contributed by atoms with E-state index in [1.165, 1.54) is 4.31 Å². The van der Waals surface area contributed by atoms with Crippen molar-refractivity contribution in [3.63, 3.8) is 0 Å². The number of nitrogens with zero attached hydrogens (tertiary/aromatic N) is 1. The summed E-state index contributed by atoms with van der Waals surface area (Å²) in [4.78, 5) is 0. The van der Waals surface area contributed by atoms with Crippen LogP contribution in [0.15, 0.2) is 28.7 Å². The van der Waals surface area contributed by atoms with Crippen LogP contribution in [0.2, 0.25) is 0 Å². The van der Waals surface area contributed by atoms with Gasteiger partial charge in [-0.2, -0.15) is 4.31 Å². The van der Waals surface area contributed by atoms with E-state index in [2.05, 4.69) is 15.9 Å². The molecule has 1 aromatic rings. The monoisotopic (exact) mass is 391 g/mol. The van der Waals surface area contributed by atoms with Crippen LogP contribution in [0.1, 0.15) is 11.6 Å². The third kappa shape index (κ3) is 3.74. The fourth-order valence-electron chi connectivity index (χ4n) is 1.68. The Hall–Kier alpha value is 0.480. The SMILES string of the molecule is O=S(=O)(CC(Cl)(Cl)Cl)N1CC1c1ccc(Br)cc1. The molecule has 1 fully saturated rings. The normalized spacial score (nSPS) is 24.0. The maximum atomic E-state index is 11.9. The van der Waals surface area contributed by atoms with Gasteiger partial charge in [0, 0.05) is 11.0 Å². The minimum atomic E-state index is -3.53. The maximum Gasteiger partial charge on any atom is 0.219 e. The second-order valence-electron chi connectivity index (χ2n) is 4.01. The van der Waals surface area contributed by atoms with Gasteiger partial charge < -0.3 is 0 Å². The van der Waals surface area contributed by atoms with Gasteiger partial charge in [0.15, 0.2) is 0 Å². The van der Waals surface area contributed by atoms with Crippen molar-refractivity contribution in [1.82, 2.24) is 4.31 Å². The van der Waals surface area contributed by atoms with E-state index < -0.39 is 19.6 Å². The standard InChI is InChI=1S/C10H9BrCl3NO2S/c11-8-3-1-7(2-4-8)9-5-15(9)18(16,17)6-10(12,13)14/h1-4,9H,5-6H2. The largest absolute Gasteiger partial charge is 0.219 e. The Morgan fingerprint density at radius 1 is 1.28 bits per heavy atom. The number of benzene rings is 1. The van der Waals surface area contributed by atoms with Crippen LogP contribution in [-0.4, -0.2) is 28.8 Å². The van der Waals surface area contributed by atoms with Crippen molar-refractivity contribution in [3.05, 3.63) is 34.3 Å². The van der Waals surface area contributed by atoms with Crippen LogP contribution in [0, 0.1) is 0 Å². The summed E-state index contributed by atoms with van der Waals surface area (Å²) in [5.74, 6) is -0.502. The molecule has 3 nitrogen and oxygen atoms in total. The molecule has 0 bridgehead atoms. The molecule has 1 aliphatic rings. The molecule has 0 spiro atoms. The van der Waals surface area contributed by atoms with Gasteiger partial charge in [-0.1, -0.05) is 62.9 Å². The highest BCUT2D eigenvalue weighted by Crippen LogP contribution is 2.40. The predicted octanol–water partition coefficient (Wildman–Crippen LogP) is 3.51. The van der Waals surface area contributed by atoms with Crippen molar-refractivity contribution >= 4 is 60.8 Å². The van der Waals surface area contributed by atoms with Gasteiger partial charge in [0.1, 0.15) is 5.75 Å². The van der Waals surface area contributed by atoms with E-state index >= 15 is 0 Å². The van der Waals surface area contributed by atoms with E-state index in [0.29, 0.717) is 6.54 Å². The first kappa shape index (κ1) is 14.9. The zero-order valence-electron chi connectivity index (χ0n) is 8.98. The van der Waals surface area contributed by atoms with Gasteiger partial charge >= 0.3 is 0 Å². The van der Waals surface area contributed by atoms with Gasteiger partial charge in [0.05, 0.1) is 6.04 Å². The average Bonchev–Trinajstić information content (AvgIpc) is 2.95. The molecule has 0 N–H and O–H groups in total. The molecular formula is C10H9BrCl3NO2S. The smallest absolute Gasteiger partial charge is 0.212 e. The Balaban J connectivity index is 2.09. The van der Waals surface area contributed by atoms with Crippen LogP contribution in [0.5, 0.6) is 0 Å². The van der Waals surface area contributed by atoms with Gasteiger partial charge in [0.25, 0.3) is 0 Å². The third-order valence-corrected chi connectivity index (χ3v) is 5.85.